The Morgan fingerprint density at radius 2 is 2.25 bits per heavy atom. The van der Waals surface area contributed by atoms with Crippen LogP contribution in [0.4, 0.5) is 5.69 Å². The molecule has 7 heteroatoms. The minimum Gasteiger partial charge on any atom is -0.398 e. The second-order valence-electron chi connectivity index (χ2n) is 5.04. The number of nitrogens with zero attached hydrogens (tertiary/aromatic N) is 1. The summed E-state index contributed by atoms with van der Waals surface area (Å²) in [6.07, 6.45) is 1.85. The first-order chi connectivity index (χ1) is 9.42. The van der Waals surface area contributed by atoms with Gasteiger partial charge in [-0.15, -0.1) is 0 Å². The molecule has 1 saturated heterocycles. The highest BCUT2D eigenvalue weighted by Crippen LogP contribution is 2.23. The average Bonchev–Trinajstić information content (AvgIpc) is 2.37. The fraction of sp³-hybridized carbons (Fsp3) is 0.538. The minimum atomic E-state index is -3.60. The smallest absolute Gasteiger partial charge is 0.242 e. The van der Waals surface area contributed by atoms with Gasteiger partial charge in [-0.1, -0.05) is 18.5 Å². The first kappa shape index (κ1) is 15.6. The van der Waals surface area contributed by atoms with Crippen LogP contribution in [-0.2, 0) is 10.0 Å². The van der Waals surface area contributed by atoms with Crippen LogP contribution in [0.3, 0.4) is 0 Å². The quantitative estimate of drug-likeness (QED) is 0.829. The predicted molar refractivity (Wildman–Crippen MR) is 81.3 cm³/mol. The van der Waals surface area contributed by atoms with Gasteiger partial charge in [0.05, 0.1) is 5.69 Å². The number of nitrogen functional groups attached to an aromatic ring is 1. The zero-order valence-electron chi connectivity index (χ0n) is 11.5. The fourth-order valence-electron chi connectivity index (χ4n) is 2.49. The third-order valence-corrected chi connectivity index (χ3v) is 5.37. The molecule has 0 spiro atoms. The zero-order valence-corrected chi connectivity index (χ0v) is 13.0. The summed E-state index contributed by atoms with van der Waals surface area (Å²) < 4.78 is 27.5. The number of hydrogen-bond acceptors (Lipinski definition) is 4. The summed E-state index contributed by atoms with van der Waals surface area (Å²) in [6, 6.07) is 4.37. The molecule has 0 aromatic heterocycles. The van der Waals surface area contributed by atoms with E-state index in [9.17, 15) is 8.42 Å². The number of nitrogens with two attached hydrogens (primary N) is 1. The van der Waals surface area contributed by atoms with Crippen LogP contribution < -0.4 is 10.5 Å². The summed E-state index contributed by atoms with van der Waals surface area (Å²) in [4.78, 5) is 2.33. The molecule has 0 aliphatic carbocycles. The highest BCUT2D eigenvalue weighted by molar-refractivity contribution is 7.89. The molecule has 112 valence electrons. The van der Waals surface area contributed by atoms with Crippen LogP contribution in [0.15, 0.2) is 23.1 Å². The van der Waals surface area contributed by atoms with E-state index >= 15 is 0 Å². The number of hydrogen-bond donors (Lipinski definition) is 2. The topological polar surface area (TPSA) is 75.4 Å². The fourth-order valence-corrected chi connectivity index (χ4v) is 4.04. The van der Waals surface area contributed by atoms with Gasteiger partial charge in [0.25, 0.3) is 0 Å². The van der Waals surface area contributed by atoms with Crippen molar-refractivity contribution in [2.75, 3.05) is 25.4 Å². The number of anilines is 1. The SMILES string of the molecule is CCN1CCCC(NS(=O)(=O)c2ccc(Cl)cc2N)C1. The van der Waals surface area contributed by atoms with E-state index in [0.29, 0.717) is 5.02 Å². The lowest BCUT2D eigenvalue weighted by Crippen LogP contribution is -2.47. The highest BCUT2D eigenvalue weighted by Gasteiger charge is 2.25. The molecular weight excluding hydrogens is 298 g/mol. The van der Waals surface area contributed by atoms with Gasteiger partial charge in [0, 0.05) is 17.6 Å². The number of rotatable bonds is 4. The first-order valence-corrected chi connectivity index (χ1v) is 8.58. The molecule has 1 unspecified atom stereocenters. The third kappa shape index (κ3) is 3.63. The van der Waals surface area contributed by atoms with E-state index in [1.807, 2.05) is 0 Å². The molecule has 0 saturated carbocycles. The van der Waals surface area contributed by atoms with Crippen molar-refractivity contribution in [1.82, 2.24) is 9.62 Å². The Kier molecular flexibility index (Phi) is 4.90. The maximum absolute atomic E-state index is 12.4. The summed E-state index contributed by atoms with van der Waals surface area (Å²) in [6.45, 7) is 4.77. The average molecular weight is 318 g/mol. The molecule has 1 aromatic rings. The Balaban J connectivity index is 2.14. The Hall–Kier alpha value is -0.820. The monoisotopic (exact) mass is 317 g/mol. The van der Waals surface area contributed by atoms with Gasteiger partial charge in [-0.25, -0.2) is 13.1 Å². The van der Waals surface area contributed by atoms with Crippen molar-refractivity contribution < 1.29 is 8.42 Å². The number of nitrogens with one attached hydrogen (secondary N) is 1. The van der Waals surface area contributed by atoms with Crippen LogP contribution >= 0.6 is 11.6 Å². The van der Waals surface area contributed by atoms with E-state index in [4.69, 9.17) is 17.3 Å². The molecule has 1 aliphatic rings. The predicted octanol–water partition coefficient (Wildman–Crippen LogP) is 1.68. The number of likely N-dealkylation sites (tertiary alicyclic amines) is 1. The Bertz CT molecular complexity index is 577. The van der Waals surface area contributed by atoms with E-state index < -0.39 is 10.0 Å². The second kappa shape index (κ2) is 6.30. The summed E-state index contributed by atoms with van der Waals surface area (Å²) in [5.41, 5.74) is 5.93. The molecule has 5 nitrogen and oxygen atoms in total. The van der Waals surface area contributed by atoms with Crippen LogP contribution in [0.1, 0.15) is 19.8 Å². The van der Waals surface area contributed by atoms with Crippen LogP contribution in [0, 0.1) is 0 Å². The van der Waals surface area contributed by atoms with E-state index in [1.165, 1.54) is 18.2 Å². The van der Waals surface area contributed by atoms with Gasteiger partial charge in [0.15, 0.2) is 0 Å². The Morgan fingerprint density at radius 3 is 2.90 bits per heavy atom. The molecule has 20 heavy (non-hydrogen) atoms. The standard InChI is InChI=1S/C13H20ClN3O2S/c1-2-17-7-3-4-11(9-17)16-20(18,19)13-6-5-10(14)8-12(13)15/h5-6,8,11,16H,2-4,7,9,15H2,1H3. The summed E-state index contributed by atoms with van der Waals surface area (Å²) in [7, 11) is -3.60. The van der Waals surface area contributed by atoms with Crippen LogP contribution in [0.25, 0.3) is 0 Å². The van der Waals surface area contributed by atoms with Crippen LogP contribution in [-0.4, -0.2) is 39.0 Å². The van der Waals surface area contributed by atoms with Gasteiger partial charge < -0.3 is 10.6 Å². The number of halogens is 1. The zero-order chi connectivity index (χ0) is 14.8. The summed E-state index contributed by atoms with van der Waals surface area (Å²) in [5, 5.41) is 0.427. The molecule has 1 fully saturated rings. The normalized spacial score (nSPS) is 21.0. The van der Waals surface area contributed by atoms with Gasteiger partial charge >= 0.3 is 0 Å². The van der Waals surface area contributed by atoms with E-state index in [-0.39, 0.29) is 16.6 Å². The lowest BCUT2D eigenvalue weighted by molar-refractivity contribution is 0.211. The molecule has 0 bridgehead atoms. The number of sulfonamides is 1. The maximum Gasteiger partial charge on any atom is 0.242 e. The van der Waals surface area contributed by atoms with Gasteiger partial charge in [-0.05, 0) is 44.1 Å². The van der Waals surface area contributed by atoms with E-state index in [2.05, 4.69) is 16.5 Å². The maximum atomic E-state index is 12.4. The molecule has 3 N–H and O–H groups in total. The van der Waals surface area contributed by atoms with Crippen molar-refractivity contribution in [2.45, 2.75) is 30.7 Å². The lowest BCUT2D eigenvalue weighted by atomic mass is 10.1. The van der Waals surface area contributed by atoms with Crippen molar-refractivity contribution in [2.24, 2.45) is 0 Å². The number of likely N-dealkylation sites (N-methyl/N-ethyl adjacent to an activating group) is 1. The van der Waals surface area contributed by atoms with Crippen LogP contribution in [0.2, 0.25) is 5.02 Å². The molecule has 0 radical (unpaired) electrons. The van der Waals surface area contributed by atoms with E-state index in [1.54, 1.807) is 0 Å². The van der Waals surface area contributed by atoms with Crippen LogP contribution in [0.5, 0.6) is 0 Å². The Morgan fingerprint density at radius 1 is 1.50 bits per heavy atom. The molecule has 1 heterocycles. The van der Waals surface area contributed by atoms with Crippen molar-refractivity contribution in [3.8, 4) is 0 Å². The van der Waals surface area contributed by atoms with Crippen molar-refractivity contribution in [1.29, 1.82) is 0 Å². The molecule has 1 aromatic carbocycles. The molecule has 0 amide bonds. The lowest BCUT2D eigenvalue weighted by Gasteiger charge is -2.32. The van der Waals surface area contributed by atoms with Crippen molar-refractivity contribution in [3.63, 3.8) is 0 Å². The number of piperidine rings is 1. The van der Waals surface area contributed by atoms with Crippen molar-refractivity contribution >= 4 is 27.3 Å². The molecule has 2 rings (SSSR count). The number of benzene rings is 1. The van der Waals surface area contributed by atoms with Gasteiger partial charge in [-0.2, -0.15) is 0 Å². The molecular formula is C13H20ClN3O2S. The van der Waals surface area contributed by atoms with Gasteiger partial charge in [-0.3, -0.25) is 0 Å². The van der Waals surface area contributed by atoms with Gasteiger partial charge in [0.1, 0.15) is 4.90 Å². The minimum absolute atomic E-state index is 0.0659. The largest absolute Gasteiger partial charge is 0.398 e. The summed E-state index contributed by atoms with van der Waals surface area (Å²) >= 11 is 5.79. The first-order valence-electron chi connectivity index (χ1n) is 6.72. The molecule has 1 aliphatic heterocycles. The second-order valence-corrected chi connectivity index (χ2v) is 7.15. The van der Waals surface area contributed by atoms with E-state index in [0.717, 1.165) is 32.5 Å². The van der Waals surface area contributed by atoms with Crippen molar-refractivity contribution in [3.05, 3.63) is 23.2 Å². The van der Waals surface area contributed by atoms with Gasteiger partial charge in [0.2, 0.25) is 10.0 Å². The summed E-state index contributed by atoms with van der Waals surface area (Å²) in [5.74, 6) is 0. The Labute approximate surface area is 125 Å². The third-order valence-electron chi connectivity index (χ3n) is 3.54. The molecule has 1 atom stereocenters. The highest BCUT2D eigenvalue weighted by atomic mass is 35.5.